The minimum Gasteiger partial charge on any atom is -0.504 e. The molecular formula is C39H39ClF3N9O4. The lowest BCUT2D eigenvalue weighted by atomic mass is 9.73. The van der Waals surface area contributed by atoms with Crippen LogP contribution < -0.4 is 10.9 Å². The van der Waals surface area contributed by atoms with Gasteiger partial charge in [0, 0.05) is 41.9 Å². The van der Waals surface area contributed by atoms with E-state index < -0.39 is 40.1 Å². The average Bonchev–Trinajstić information content (AvgIpc) is 3.63. The fourth-order valence-corrected chi connectivity index (χ4v) is 8.58. The number of piperidine rings is 1. The molecule has 1 spiro atoms. The first-order valence-corrected chi connectivity index (χ1v) is 18.7. The highest BCUT2D eigenvalue weighted by Gasteiger charge is 2.49. The van der Waals surface area contributed by atoms with Gasteiger partial charge in [0.2, 0.25) is 11.7 Å². The Kier molecular flexibility index (Phi) is 9.18. The highest BCUT2D eigenvalue weighted by atomic mass is 35.5. The molecule has 2 fully saturated rings. The number of aryl methyl sites for hydroxylation is 1. The van der Waals surface area contributed by atoms with Crippen LogP contribution in [0, 0.1) is 18.6 Å². The number of nitrogens with zero attached hydrogens (tertiary/aromatic N) is 8. The van der Waals surface area contributed by atoms with E-state index in [4.69, 9.17) is 11.6 Å². The molecule has 1 aliphatic heterocycles. The lowest BCUT2D eigenvalue weighted by molar-refractivity contribution is -0.116. The Labute approximate surface area is 324 Å². The number of aromatic hydroxyl groups is 1. The number of amides is 2. The first kappa shape index (κ1) is 37.6. The molecule has 17 heteroatoms. The Morgan fingerprint density at radius 3 is 2.48 bits per heavy atom. The van der Waals surface area contributed by atoms with Crippen LogP contribution in [0.25, 0.3) is 17.2 Å². The normalized spacial score (nSPS) is 18.2. The van der Waals surface area contributed by atoms with E-state index in [-0.39, 0.29) is 82.7 Å². The van der Waals surface area contributed by atoms with Gasteiger partial charge >= 0.3 is 0 Å². The van der Waals surface area contributed by atoms with Gasteiger partial charge in [-0.25, -0.2) is 23.1 Å². The summed E-state index contributed by atoms with van der Waals surface area (Å²) in [7, 11) is 3.46. The Bertz CT molecular complexity index is 2510. The van der Waals surface area contributed by atoms with Gasteiger partial charge in [-0.05, 0) is 88.9 Å². The maximum absolute atomic E-state index is 15.6. The molecule has 1 saturated carbocycles. The van der Waals surface area contributed by atoms with Crippen LogP contribution in [0.4, 0.5) is 18.9 Å². The molecule has 4 heterocycles. The van der Waals surface area contributed by atoms with E-state index in [1.807, 2.05) is 6.92 Å². The molecule has 1 saturated heterocycles. The van der Waals surface area contributed by atoms with Gasteiger partial charge in [-0.15, -0.1) is 5.10 Å². The van der Waals surface area contributed by atoms with Crippen LogP contribution in [0.3, 0.4) is 0 Å². The zero-order chi connectivity index (χ0) is 39.8. The molecule has 5 aromatic rings. The number of likely N-dealkylation sites (tertiary alicyclic amines) is 1. The third-order valence-electron chi connectivity index (χ3n) is 11.3. The molecule has 2 amide bonds. The van der Waals surface area contributed by atoms with Gasteiger partial charge in [0.25, 0.3) is 11.5 Å². The number of aromatic nitrogens is 6. The van der Waals surface area contributed by atoms with Gasteiger partial charge in [-0.1, -0.05) is 24.6 Å². The third-order valence-corrected chi connectivity index (χ3v) is 11.6. The monoisotopic (exact) mass is 789 g/mol. The Hall–Kier alpha value is -5.35. The number of hydrogen-bond donors (Lipinski definition) is 2. The molecule has 292 valence electrons. The Morgan fingerprint density at radius 2 is 1.80 bits per heavy atom. The molecule has 3 aromatic heterocycles. The summed E-state index contributed by atoms with van der Waals surface area (Å²) in [4.78, 5) is 57.7. The van der Waals surface area contributed by atoms with E-state index in [1.54, 1.807) is 47.5 Å². The van der Waals surface area contributed by atoms with Crippen molar-refractivity contribution in [2.24, 2.45) is 0 Å². The second-order valence-corrected chi connectivity index (χ2v) is 15.9. The van der Waals surface area contributed by atoms with Crippen molar-refractivity contribution in [3.05, 3.63) is 97.4 Å². The van der Waals surface area contributed by atoms with Crippen LogP contribution in [0.2, 0.25) is 5.02 Å². The van der Waals surface area contributed by atoms with E-state index in [9.17, 15) is 23.9 Å². The number of halogens is 4. The predicted octanol–water partition coefficient (Wildman–Crippen LogP) is 5.63. The fourth-order valence-electron chi connectivity index (χ4n) is 8.35. The lowest BCUT2D eigenvalue weighted by Crippen LogP contribution is -2.46. The molecule has 13 nitrogen and oxygen atoms in total. The molecule has 1 unspecified atom stereocenters. The maximum Gasteiger partial charge on any atom is 0.279 e. The van der Waals surface area contributed by atoms with Crippen molar-refractivity contribution in [3.63, 3.8) is 0 Å². The number of hydrogen-bond acceptors (Lipinski definition) is 9. The third kappa shape index (κ3) is 6.37. The molecular weight excluding hydrogens is 751 g/mol. The highest BCUT2D eigenvalue weighted by molar-refractivity contribution is 6.33. The smallest absolute Gasteiger partial charge is 0.279 e. The summed E-state index contributed by atoms with van der Waals surface area (Å²) >= 11 is 6.49. The number of alkyl halides is 1. The highest BCUT2D eigenvalue weighted by Crippen LogP contribution is 2.51. The van der Waals surface area contributed by atoms with Crippen molar-refractivity contribution in [2.45, 2.75) is 76.0 Å². The van der Waals surface area contributed by atoms with Crippen LogP contribution in [0.1, 0.15) is 83.5 Å². The number of anilines is 1. The summed E-state index contributed by atoms with van der Waals surface area (Å²) in [6, 6.07) is 6.71. The molecule has 1 atom stereocenters. The molecule has 8 rings (SSSR count). The van der Waals surface area contributed by atoms with Gasteiger partial charge in [0.05, 0.1) is 22.0 Å². The Balaban J connectivity index is 1.19. The van der Waals surface area contributed by atoms with Crippen LogP contribution in [0.15, 0.2) is 41.5 Å². The van der Waals surface area contributed by atoms with Gasteiger partial charge in [-0.2, -0.15) is 9.50 Å². The van der Waals surface area contributed by atoms with Gasteiger partial charge in [0.15, 0.2) is 17.3 Å². The van der Waals surface area contributed by atoms with Crippen molar-refractivity contribution < 1.29 is 27.9 Å². The maximum atomic E-state index is 15.6. The number of rotatable bonds is 8. The summed E-state index contributed by atoms with van der Waals surface area (Å²) < 4.78 is 48.2. The predicted molar refractivity (Wildman–Crippen MR) is 200 cm³/mol. The van der Waals surface area contributed by atoms with Gasteiger partial charge in [-0.3, -0.25) is 14.4 Å². The molecule has 0 radical (unpaired) electrons. The first-order chi connectivity index (χ1) is 26.6. The molecule has 2 aliphatic carbocycles. The molecule has 3 aliphatic rings. The van der Waals surface area contributed by atoms with Crippen LogP contribution in [0.5, 0.6) is 5.75 Å². The average molecular weight is 790 g/mol. The van der Waals surface area contributed by atoms with Crippen LogP contribution >= 0.6 is 11.6 Å². The largest absolute Gasteiger partial charge is 0.504 e. The number of fused-ring (bicyclic) bond motifs is 3. The van der Waals surface area contributed by atoms with Crippen molar-refractivity contribution in [3.8, 4) is 17.1 Å². The number of carbonyl (C=O) groups excluding carboxylic acids is 2. The van der Waals surface area contributed by atoms with Crippen molar-refractivity contribution in [1.29, 1.82) is 0 Å². The van der Waals surface area contributed by atoms with Crippen molar-refractivity contribution in [1.82, 2.24) is 38.9 Å². The van der Waals surface area contributed by atoms with E-state index in [2.05, 4.69) is 25.4 Å². The van der Waals surface area contributed by atoms with Crippen molar-refractivity contribution in [2.75, 3.05) is 32.5 Å². The molecule has 0 bridgehead atoms. The van der Waals surface area contributed by atoms with Gasteiger partial charge < -0.3 is 24.8 Å². The first-order valence-electron chi connectivity index (χ1n) is 18.3. The van der Waals surface area contributed by atoms with E-state index in [0.29, 0.717) is 48.9 Å². The fraction of sp³-hybridized carbons (Fsp3) is 0.410. The summed E-state index contributed by atoms with van der Waals surface area (Å²) in [6.45, 7) is 3.79. The Morgan fingerprint density at radius 1 is 1.07 bits per heavy atom. The summed E-state index contributed by atoms with van der Waals surface area (Å²) in [5.74, 6) is -3.30. The SMILES string of the molecule is Cc1ncnc(C(=O)N2CCC3(CC2)CC(C)c2c3c(=O)n3nc(-c4cc(F)c(CN(C)C)cc4F)nc3n2CC(=O)Nc2ccc(C3(F)CC3)cc2Cl)c1O. The molecule has 56 heavy (non-hydrogen) atoms. The topological polar surface area (TPSA) is 151 Å². The zero-order valence-electron chi connectivity index (χ0n) is 31.2. The van der Waals surface area contributed by atoms with Crippen molar-refractivity contribution >= 4 is 34.9 Å². The number of nitrogens with one attached hydrogen (secondary N) is 1. The van der Waals surface area contributed by atoms with E-state index in [1.165, 1.54) is 12.4 Å². The number of benzene rings is 2. The quantitative estimate of drug-likeness (QED) is 0.204. The van der Waals surface area contributed by atoms with E-state index >= 15 is 8.78 Å². The summed E-state index contributed by atoms with van der Waals surface area (Å²) in [5, 5.41) is 17.9. The standard InChI is InChI=1S/C39H39ClF3N9O4/c1-20-16-38(9-11-50(12-10-38)36(56)31-33(54)21(2)44-19-45-31)30-32(20)51(18-29(53)46-28-6-5-23(14-25(28)40)39(43)7-8-39)37-47-34(48-52(37)35(30)55)24-15-26(41)22(13-27(24)42)17-49(3)4/h5-6,13-15,19-20,54H,7-12,16-18H2,1-4H3,(H,46,53). The zero-order valence-corrected chi connectivity index (χ0v) is 31.9. The molecule has 2 aromatic carbocycles. The molecule has 2 N–H and O–H groups in total. The minimum atomic E-state index is -1.42. The van der Waals surface area contributed by atoms with E-state index in [0.717, 1.165) is 16.6 Å². The lowest BCUT2D eigenvalue weighted by Gasteiger charge is -2.39. The van der Waals surface area contributed by atoms with Crippen LogP contribution in [-0.2, 0) is 29.0 Å². The second kappa shape index (κ2) is 13.7. The van der Waals surface area contributed by atoms with Crippen LogP contribution in [-0.4, -0.2) is 83.0 Å². The summed E-state index contributed by atoms with van der Waals surface area (Å²) in [5.41, 5.74) is -0.970. The van der Waals surface area contributed by atoms with Gasteiger partial charge in [0.1, 0.15) is 30.2 Å². The number of carbonyl (C=O) groups is 2. The minimum absolute atomic E-state index is 0.0447. The summed E-state index contributed by atoms with van der Waals surface area (Å²) in [6.07, 6.45) is 3.29. The second-order valence-electron chi connectivity index (χ2n) is 15.5.